The van der Waals surface area contributed by atoms with E-state index >= 15 is 0 Å². The lowest BCUT2D eigenvalue weighted by molar-refractivity contribution is -0.275. The number of hydrogen-bond donors (Lipinski definition) is 1. The lowest BCUT2D eigenvalue weighted by Gasteiger charge is -2.17. The molecule has 20 heavy (non-hydrogen) atoms. The van der Waals surface area contributed by atoms with Crippen molar-refractivity contribution in [3.05, 3.63) is 59.9 Å². The first kappa shape index (κ1) is 14.3. The highest BCUT2D eigenvalue weighted by molar-refractivity contribution is 5.36. The molecule has 1 atom stereocenters. The largest absolute Gasteiger partial charge is 0.573 e. The molecule has 2 aromatic rings. The van der Waals surface area contributed by atoms with Crippen LogP contribution in [0.15, 0.2) is 48.8 Å². The SMILES string of the molecule is NC(Cc1ccncc1)c1ccccc1OC(F)(F)F. The van der Waals surface area contributed by atoms with Crippen LogP contribution in [0.5, 0.6) is 5.75 Å². The number of pyridine rings is 1. The number of ether oxygens (including phenoxy) is 1. The van der Waals surface area contributed by atoms with Crippen molar-refractivity contribution in [1.82, 2.24) is 4.98 Å². The van der Waals surface area contributed by atoms with Gasteiger partial charge in [0, 0.05) is 24.0 Å². The number of nitrogens with zero attached hydrogens (tertiary/aromatic N) is 1. The Labute approximate surface area is 114 Å². The zero-order valence-corrected chi connectivity index (χ0v) is 10.5. The Hall–Kier alpha value is -2.08. The van der Waals surface area contributed by atoms with Crippen molar-refractivity contribution in [2.24, 2.45) is 5.73 Å². The number of benzene rings is 1. The van der Waals surface area contributed by atoms with Crippen LogP contribution in [0.25, 0.3) is 0 Å². The van der Waals surface area contributed by atoms with Crippen molar-refractivity contribution in [2.75, 3.05) is 0 Å². The van der Waals surface area contributed by atoms with Crippen LogP contribution in [0.1, 0.15) is 17.2 Å². The third kappa shape index (κ3) is 3.96. The van der Waals surface area contributed by atoms with Crippen molar-refractivity contribution in [3.8, 4) is 5.75 Å². The fraction of sp³-hybridized carbons (Fsp3) is 0.214. The normalized spacial score (nSPS) is 13.0. The van der Waals surface area contributed by atoms with Gasteiger partial charge in [-0.15, -0.1) is 13.2 Å². The quantitative estimate of drug-likeness (QED) is 0.936. The zero-order chi connectivity index (χ0) is 14.6. The van der Waals surface area contributed by atoms with E-state index in [2.05, 4.69) is 9.72 Å². The fourth-order valence-electron chi connectivity index (χ4n) is 1.89. The molecular formula is C14H13F3N2O. The summed E-state index contributed by atoms with van der Waals surface area (Å²) in [4.78, 5) is 3.88. The van der Waals surface area contributed by atoms with Gasteiger partial charge in [0.05, 0.1) is 0 Å². The molecule has 0 fully saturated rings. The second-order valence-corrected chi connectivity index (χ2v) is 4.25. The zero-order valence-electron chi connectivity index (χ0n) is 10.5. The molecule has 2 rings (SSSR count). The van der Waals surface area contributed by atoms with Gasteiger partial charge in [-0.2, -0.15) is 0 Å². The Bertz CT molecular complexity index is 558. The average molecular weight is 282 g/mol. The van der Waals surface area contributed by atoms with E-state index in [1.54, 1.807) is 30.6 Å². The van der Waals surface area contributed by atoms with Crippen molar-refractivity contribution in [3.63, 3.8) is 0 Å². The Morgan fingerprint density at radius 1 is 1.10 bits per heavy atom. The summed E-state index contributed by atoms with van der Waals surface area (Å²) in [6, 6.07) is 8.85. The minimum absolute atomic E-state index is 0.262. The molecule has 6 heteroatoms. The van der Waals surface area contributed by atoms with Gasteiger partial charge in [-0.05, 0) is 30.2 Å². The molecule has 1 heterocycles. The molecule has 2 N–H and O–H groups in total. The molecule has 1 aromatic carbocycles. The summed E-state index contributed by atoms with van der Waals surface area (Å²) in [5.74, 6) is -0.262. The number of nitrogens with two attached hydrogens (primary N) is 1. The number of halogens is 3. The molecule has 0 aliphatic rings. The van der Waals surface area contributed by atoms with Gasteiger partial charge in [0.1, 0.15) is 5.75 Å². The molecular weight excluding hydrogens is 269 g/mol. The van der Waals surface area contributed by atoms with Crippen LogP contribution >= 0.6 is 0 Å². The van der Waals surface area contributed by atoms with E-state index in [1.807, 2.05) is 0 Å². The van der Waals surface area contributed by atoms with Crippen LogP contribution < -0.4 is 10.5 Å². The molecule has 0 radical (unpaired) electrons. The second-order valence-electron chi connectivity index (χ2n) is 4.25. The molecule has 0 amide bonds. The van der Waals surface area contributed by atoms with Crippen LogP contribution in [-0.4, -0.2) is 11.3 Å². The molecule has 0 aliphatic heterocycles. The van der Waals surface area contributed by atoms with Crippen LogP contribution in [0, 0.1) is 0 Å². The van der Waals surface area contributed by atoms with Gasteiger partial charge in [-0.25, -0.2) is 0 Å². The number of hydrogen-bond acceptors (Lipinski definition) is 3. The number of aromatic nitrogens is 1. The van der Waals surface area contributed by atoms with E-state index in [1.165, 1.54) is 18.2 Å². The minimum atomic E-state index is -4.73. The molecule has 1 unspecified atom stereocenters. The number of para-hydroxylation sites is 1. The highest BCUT2D eigenvalue weighted by Gasteiger charge is 2.32. The van der Waals surface area contributed by atoms with Gasteiger partial charge in [0.25, 0.3) is 0 Å². The maximum atomic E-state index is 12.3. The molecule has 0 saturated heterocycles. The topological polar surface area (TPSA) is 48.1 Å². The number of rotatable bonds is 4. The van der Waals surface area contributed by atoms with Crippen molar-refractivity contribution in [2.45, 2.75) is 18.8 Å². The monoisotopic (exact) mass is 282 g/mol. The van der Waals surface area contributed by atoms with Gasteiger partial charge in [-0.3, -0.25) is 4.98 Å². The van der Waals surface area contributed by atoms with E-state index in [-0.39, 0.29) is 5.75 Å². The maximum absolute atomic E-state index is 12.3. The third-order valence-electron chi connectivity index (χ3n) is 2.75. The first-order valence-corrected chi connectivity index (χ1v) is 5.95. The molecule has 106 valence electrons. The predicted octanol–water partition coefficient (Wildman–Crippen LogP) is 3.22. The minimum Gasteiger partial charge on any atom is -0.405 e. The molecule has 0 saturated carbocycles. The van der Waals surface area contributed by atoms with Gasteiger partial charge in [0.2, 0.25) is 0 Å². The summed E-state index contributed by atoms with van der Waals surface area (Å²) in [5.41, 5.74) is 7.20. The summed E-state index contributed by atoms with van der Waals surface area (Å²) in [6.07, 6.45) is -1.10. The van der Waals surface area contributed by atoms with Crippen molar-refractivity contribution in [1.29, 1.82) is 0 Å². The van der Waals surface area contributed by atoms with Crippen molar-refractivity contribution >= 4 is 0 Å². The summed E-state index contributed by atoms with van der Waals surface area (Å²) in [7, 11) is 0. The van der Waals surface area contributed by atoms with Crippen molar-refractivity contribution < 1.29 is 17.9 Å². The Balaban J connectivity index is 2.19. The highest BCUT2D eigenvalue weighted by atomic mass is 19.4. The second kappa shape index (κ2) is 5.92. The smallest absolute Gasteiger partial charge is 0.405 e. The van der Waals surface area contributed by atoms with Gasteiger partial charge >= 0.3 is 6.36 Å². The summed E-state index contributed by atoms with van der Waals surface area (Å²) in [5, 5.41) is 0. The van der Waals surface area contributed by atoms with Crippen LogP contribution in [0.2, 0.25) is 0 Å². The maximum Gasteiger partial charge on any atom is 0.573 e. The molecule has 0 bridgehead atoms. The Morgan fingerprint density at radius 3 is 2.40 bits per heavy atom. The summed E-state index contributed by atoms with van der Waals surface area (Å²) in [6.45, 7) is 0. The van der Waals surface area contributed by atoms with Crippen LogP contribution in [0.3, 0.4) is 0 Å². The lowest BCUT2D eigenvalue weighted by Crippen LogP contribution is -2.21. The first-order chi connectivity index (χ1) is 9.46. The van der Waals surface area contributed by atoms with Crippen LogP contribution in [-0.2, 0) is 6.42 Å². The molecule has 0 spiro atoms. The van der Waals surface area contributed by atoms with E-state index in [4.69, 9.17) is 5.73 Å². The molecule has 1 aromatic heterocycles. The first-order valence-electron chi connectivity index (χ1n) is 5.95. The molecule has 3 nitrogen and oxygen atoms in total. The van der Waals surface area contributed by atoms with E-state index < -0.39 is 12.4 Å². The van der Waals surface area contributed by atoms with Gasteiger partial charge in [-0.1, -0.05) is 18.2 Å². The molecule has 0 aliphatic carbocycles. The third-order valence-corrected chi connectivity index (χ3v) is 2.75. The Kier molecular flexibility index (Phi) is 4.24. The van der Waals surface area contributed by atoms with E-state index in [0.717, 1.165) is 5.56 Å². The average Bonchev–Trinajstić information content (AvgIpc) is 2.38. The fourth-order valence-corrected chi connectivity index (χ4v) is 1.89. The van der Waals surface area contributed by atoms with Gasteiger partial charge in [0.15, 0.2) is 0 Å². The lowest BCUT2D eigenvalue weighted by atomic mass is 9.99. The van der Waals surface area contributed by atoms with Crippen LogP contribution in [0.4, 0.5) is 13.2 Å². The predicted molar refractivity (Wildman–Crippen MR) is 68.0 cm³/mol. The summed E-state index contributed by atoms with van der Waals surface area (Å²) >= 11 is 0. The van der Waals surface area contributed by atoms with E-state index in [0.29, 0.717) is 12.0 Å². The van der Waals surface area contributed by atoms with Gasteiger partial charge < -0.3 is 10.5 Å². The summed E-state index contributed by atoms with van der Waals surface area (Å²) < 4.78 is 41.0. The number of alkyl halides is 3. The highest BCUT2D eigenvalue weighted by Crippen LogP contribution is 2.30. The van der Waals surface area contributed by atoms with E-state index in [9.17, 15) is 13.2 Å². The standard InChI is InChI=1S/C14H13F3N2O/c15-14(16,17)20-13-4-2-1-3-11(13)12(18)9-10-5-7-19-8-6-10/h1-8,12H,9,18H2. The Morgan fingerprint density at radius 2 is 1.75 bits per heavy atom.